The first-order valence-electron chi connectivity index (χ1n) is 14.5. The van der Waals surface area contributed by atoms with Gasteiger partial charge in [-0.1, -0.05) is 29.4 Å². The molecule has 0 amide bonds. The third-order valence-corrected chi connectivity index (χ3v) is 9.39. The van der Waals surface area contributed by atoms with Crippen LogP contribution in [0.25, 0.3) is 22.2 Å². The summed E-state index contributed by atoms with van der Waals surface area (Å²) in [5.41, 5.74) is 7.62. The Morgan fingerprint density at radius 2 is 1.82 bits per heavy atom. The fraction of sp³-hybridized carbons (Fsp3) is 0.455. The predicted molar refractivity (Wildman–Crippen MR) is 152 cm³/mol. The van der Waals surface area contributed by atoms with Gasteiger partial charge in [-0.05, 0) is 93.9 Å². The Labute approximate surface area is 233 Å². The summed E-state index contributed by atoms with van der Waals surface area (Å²) in [4.78, 5) is 6.89. The highest BCUT2D eigenvalue weighted by Gasteiger charge is 2.46. The van der Waals surface area contributed by atoms with E-state index < -0.39 is 6.61 Å². The van der Waals surface area contributed by atoms with Gasteiger partial charge in [0.15, 0.2) is 0 Å². The van der Waals surface area contributed by atoms with Crippen molar-refractivity contribution in [3.05, 3.63) is 71.1 Å². The van der Waals surface area contributed by atoms with Crippen molar-refractivity contribution in [3.63, 3.8) is 0 Å². The Morgan fingerprint density at radius 3 is 2.55 bits per heavy atom. The van der Waals surface area contributed by atoms with Crippen LogP contribution in [-0.4, -0.2) is 29.8 Å². The van der Waals surface area contributed by atoms with Gasteiger partial charge < -0.3 is 14.2 Å². The van der Waals surface area contributed by atoms with Gasteiger partial charge in [0.1, 0.15) is 17.2 Å². The van der Waals surface area contributed by atoms with Crippen LogP contribution >= 0.6 is 0 Å². The molecule has 1 saturated heterocycles. The second-order valence-corrected chi connectivity index (χ2v) is 12.3. The minimum atomic E-state index is -2.86. The van der Waals surface area contributed by atoms with Crippen LogP contribution in [0.2, 0.25) is 0 Å². The fourth-order valence-corrected chi connectivity index (χ4v) is 7.18. The summed E-state index contributed by atoms with van der Waals surface area (Å²) in [6, 6.07) is 16.0. The maximum atomic E-state index is 13.0. The quantitative estimate of drug-likeness (QED) is 0.235. The molecule has 0 radical (unpaired) electrons. The Kier molecular flexibility index (Phi) is 6.28. The average molecular weight is 544 g/mol. The van der Waals surface area contributed by atoms with Crippen LogP contribution < -0.4 is 9.64 Å². The topological polar surface area (TPSA) is 51.4 Å². The second-order valence-electron chi connectivity index (χ2n) is 12.3. The molecule has 40 heavy (non-hydrogen) atoms. The summed E-state index contributed by atoms with van der Waals surface area (Å²) in [6.45, 7) is 3.02. The zero-order chi connectivity index (χ0) is 27.4. The predicted octanol–water partition coefficient (Wildman–Crippen LogP) is 8.22. The summed E-state index contributed by atoms with van der Waals surface area (Å²) in [5.74, 6) is 2.53. The standard InChI is InChI=1S/C33H35F2N3O2/c1-20-5-3-4-6-25(20)30-27(31(40-37-30)23-7-8-23)16-22-18-33(19-22)11-13-38(14-12-33)24-9-10-28-26(17-24)29(39-32(34)35)15-21(2)36-28/h3-6,9-10,15,17,22-23,32H,7-8,11-14,16,18-19H2,1-2H3. The lowest BCUT2D eigenvalue weighted by Crippen LogP contribution is -2.47. The SMILES string of the molecule is Cc1cc(OC(F)F)c2cc(N3CCC4(CC3)CC(Cc3c(-c5ccccc5C)noc3C3CC3)C4)ccc2n1. The van der Waals surface area contributed by atoms with E-state index in [1.165, 1.54) is 42.4 Å². The number of nitrogens with zero attached hydrogens (tertiary/aromatic N) is 3. The van der Waals surface area contributed by atoms with Crippen molar-refractivity contribution < 1.29 is 18.0 Å². The van der Waals surface area contributed by atoms with E-state index in [0.717, 1.165) is 49.5 Å². The highest BCUT2D eigenvalue weighted by atomic mass is 19.3. The number of pyridine rings is 1. The molecule has 1 aliphatic heterocycles. The van der Waals surface area contributed by atoms with Crippen LogP contribution in [0.1, 0.15) is 67.0 Å². The average Bonchev–Trinajstić information content (AvgIpc) is 3.68. The Bertz CT molecular complexity index is 1540. The Balaban J connectivity index is 1.03. The Hall–Kier alpha value is -3.48. The number of piperidine rings is 1. The highest BCUT2D eigenvalue weighted by molar-refractivity contribution is 5.88. The molecule has 1 spiro atoms. The van der Waals surface area contributed by atoms with E-state index in [0.29, 0.717) is 33.8 Å². The molecule has 7 rings (SSSR count). The second kappa shape index (κ2) is 9.86. The van der Waals surface area contributed by atoms with Crippen molar-refractivity contribution in [1.29, 1.82) is 0 Å². The van der Waals surface area contributed by atoms with Crippen molar-refractivity contribution in [3.8, 4) is 17.0 Å². The van der Waals surface area contributed by atoms with Crippen LogP contribution in [0.5, 0.6) is 5.75 Å². The molecule has 0 N–H and O–H groups in total. The number of anilines is 1. The number of aryl methyl sites for hydroxylation is 2. The lowest BCUT2D eigenvalue weighted by Gasteiger charge is -2.53. The van der Waals surface area contributed by atoms with Gasteiger partial charge >= 0.3 is 6.61 Å². The molecule has 4 aromatic rings. The summed E-state index contributed by atoms with van der Waals surface area (Å²) < 4.78 is 36.9. The molecular formula is C33H35F2N3O2. The summed E-state index contributed by atoms with van der Waals surface area (Å²) in [7, 11) is 0. The number of rotatable bonds is 7. The summed E-state index contributed by atoms with van der Waals surface area (Å²) in [6.07, 6.45) is 8.26. The molecule has 7 heteroatoms. The molecule has 0 bridgehead atoms. The van der Waals surface area contributed by atoms with Gasteiger partial charge in [-0.2, -0.15) is 8.78 Å². The molecule has 5 nitrogen and oxygen atoms in total. The number of hydrogen-bond acceptors (Lipinski definition) is 5. The molecule has 3 fully saturated rings. The number of aromatic nitrogens is 2. The molecule has 208 valence electrons. The lowest BCUT2D eigenvalue weighted by molar-refractivity contribution is -0.0488. The largest absolute Gasteiger partial charge is 0.434 e. The number of ether oxygens (including phenoxy) is 1. The van der Waals surface area contributed by atoms with Crippen LogP contribution in [0.4, 0.5) is 14.5 Å². The maximum Gasteiger partial charge on any atom is 0.387 e. The molecule has 0 unspecified atom stereocenters. The van der Waals surface area contributed by atoms with E-state index in [1.54, 1.807) is 13.0 Å². The first-order valence-corrected chi connectivity index (χ1v) is 14.5. The maximum absolute atomic E-state index is 13.0. The van der Waals surface area contributed by atoms with Gasteiger partial charge in [0.2, 0.25) is 0 Å². The molecule has 0 atom stereocenters. The van der Waals surface area contributed by atoms with Crippen LogP contribution in [0.3, 0.4) is 0 Å². The van der Waals surface area contributed by atoms with Crippen LogP contribution in [0.15, 0.2) is 53.1 Å². The van der Waals surface area contributed by atoms with Crippen molar-refractivity contribution >= 4 is 16.6 Å². The van der Waals surface area contributed by atoms with Crippen molar-refractivity contribution in [2.45, 2.75) is 71.3 Å². The van der Waals surface area contributed by atoms with E-state index in [1.807, 2.05) is 12.1 Å². The van der Waals surface area contributed by atoms with Gasteiger partial charge in [-0.25, -0.2) is 0 Å². The number of fused-ring (bicyclic) bond motifs is 1. The molecule has 3 heterocycles. The minimum Gasteiger partial charge on any atom is -0.434 e. The summed E-state index contributed by atoms with van der Waals surface area (Å²) in [5, 5.41) is 5.22. The van der Waals surface area contributed by atoms with Gasteiger partial charge in [0.25, 0.3) is 0 Å². The van der Waals surface area contributed by atoms with E-state index in [4.69, 9.17) is 9.26 Å². The molecule has 2 aromatic carbocycles. The number of hydrogen-bond donors (Lipinski definition) is 0. The van der Waals surface area contributed by atoms with Gasteiger partial charge in [-0.3, -0.25) is 4.98 Å². The van der Waals surface area contributed by atoms with Crippen molar-refractivity contribution in [2.75, 3.05) is 18.0 Å². The molecular weight excluding hydrogens is 508 g/mol. The van der Waals surface area contributed by atoms with E-state index in [2.05, 4.69) is 52.3 Å². The molecule has 2 aliphatic carbocycles. The first-order chi connectivity index (χ1) is 19.4. The molecule has 2 aromatic heterocycles. The molecule has 3 aliphatic rings. The van der Waals surface area contributed by atoms with Crippen molar-refractivity contribution in [2.24, 2.45) is 11.3 Å². The molecule has 2 saturated carbocycles. The highest BCUT2D eigenvalue weighted by Crippen LogP contribution is 2.55. The van der Waals surface area contributed by atoms with Gasteiger partial charge in [0, 0.05) is 53.0 Å². The van der Waals surface area contributed by atoms with Crippen LogP contribution in [0, 0.1) is 25.2 Å². The zero-order valence-electron chi connectivity index (χ0n) is 23.1. The zero-order valence-corrected chi connectivity index (χ0v) is 23.1. The van der Waals surface area contributed by atoms with Crippen LogP contribution in [-0.2, 0) is 6.42 Å². The third-order valence-electron chi connectivity index (χ3n) is 9.39. The fourth-order valence-electron chi connectivity index (χ4n) is 7.18. The van der Waals surface area contributed by atoms with Gasteiger partial charge in [0.05, 0.1) is 5.52 Å². The summed E-state index contributed by atoms with van der Waals surface area (Å²) >= 11 is 0. The van der Waals surface area contributed by atoms with E-state index in [-0.39, 0.29) is 5.75 Å². The van der Waals surface area contributed by atoms with E-state index in [9.17, 15) is 8.78 Å². The minimum absolute atomic E-state index is 0.194. The number of benzene rings is 2. The third kappa shape index (κ3) is 4.73. The smallest absolute Gasteiger partial charge is 0.387 e. The Morgan fingerprint density at radius 1 is 1.05 bits per heavy atom. The van der Waals surface area contributed by atoms with Gasteiger partial charge in [-0.15, -0.1) is 0 Å². The normalized spacial score (nSPS) is 19.0. The monoisotopic (exact) mass is 543 g/mol. The number of alkyl halides is 2. The lowest BCUT2D eigenvalue weighted by atomic mass is 9.56. The first kappa shape index (κ1) is 25.5. The van der Waals surface area contributed by atoms with Crippen molar-refractivity contribution in [1.82, 2.24) is 10.1 Å². The van der Waals surface area contributed by atoms with E-state index >= 15 is 0 Å². The number of halogens is 2.